The number of carboxylic acid groups (broad SMARTS) is 1. The van der Waals surface area contributed by atoms with Gasteiger partial charge in [-0.2, -0.15) is 0 Å². The normalized spacial score (nSPS) is 15.3. The minimum absolute atomic E-state index is 0. The molecule has 2 heterocycles. The van der Waals surface area contributed by atoms with Gasteiger partial charge in [-0.3, -0.25) is 14.6 Å². The number of nitrogens with two attached hydrogens (primary N) is 1. The van der Waals surface area contributed by atoms with E-state index in [4.69, 9.17) is 20.3 Å². The van der Waals surface area contributed by atoms with E-state index in [0.29, 0.717) is 24.1 Å². The number of carbonyl (C=O) groups excluding carboxylic acids is 1. The van der Waals surface area contributed by atoms with Crippen molar-refractivity contribution in [1.29, 1.82) is 0 Å². The quantitative estimate of drug-likeness (QED) is 0.145. The summed E-state index contributed by atoms with van der Waals surface area (Å²) in [4.78, 5) is 27.4. The summed E-state index contributed by atoms with van der Waals surface area (Å²) in [6, 6.07) is 29.3. The Kier molecular flexibility index (Phi) is 19.9. The molecule has 0 unspecified atom stereocenters. The zero-order chi connectivity index (χ0) is 43.0. The molecule has 0 radical (unpaired) electrons. The van der Waals surface area contributed by atoms with Crippen LogP contribution in [0.3, 0.4) is 0 Å². The number of carboxylic acids is 1. The molecule has 3 N–H and O–H groups in total. The number of benzene rings is 4. The Bertz CT molecular complexity index is 1840. The van der Waals surface area contributed by atoms with Crippen molar-refractivity contribution in [3.05, 3.63) is 131 Å². The molecular weight excluding hydrogens is 761 g/mol. The number of hydrogen-bond acceptors (Lipinski definition) is 7. The number of aliphatic carboxylic acids is 1. The highest BCUT2D eigenvalue weighted by atomic mass is 19.1. The van der Waals surface area contributed by atoms with Crippen LogP contribution in [0, 0.1) is 17.6 Å². The number of likely N-dealkylation sites (tertiary alicyclic amines) is 2. The number of ether oxygens (including phenoxy) is 2. The molecule has 4 aromatic carbocycles. The molecule has 0 atom stereocenters. The highest BCUT2D eigenvalue weighted by Crippen LogP contribution is 2.26. The highest BCUT2D eigenvalue weighted by Gasteiger charge is 2.22. The van der Waals surface area contributed by atoms with Crippen molar-refractivity contribution in [3.63, 3.8) is 0 Å². The number of hydrogen-bond donors (Lipinski definition) is 2. The van der Waals surface area contributed by atoms with Gasteiger partial charge in [0.15, 0.2) is 12.4 Å². The molecule has 0 aliphatic carbocycles. The Morgan fingerprint density at radius 2 is 0.983 bits per heavy atom. The molecule has 60 heavy (non-hydrogen) atoms. The second-order valence-electron chi connectivity index (χ2n) is 17.8. The third kappa shape index (κ3) is 18.3. The van der Waals surface area contributed by atoms with Gasteiger partial charge in [0.05, 0.1) is 0 Å². The SMILES string of the molecule is C.CC(C)(C)c1ccc(OCC(=O)CC2CCN(Cc3ccc(F)cc3)CC2)cc1.CC(C)(C)c1ccc(OCC(=O)O)cc1.NC1CCN(Cc2ccc(F)cc2)CC1. The summed E-state index contributed by atoms with van der Waals surface area (Å²) in [5.74, 6) is 0.610. The summed E-state index contributed by atoms with van der Waals surface area (Å²) in [6.07, 6.45) is 4.77. The highest BCUT2D eigenvalue weighted by molar-refractivity contribution is 5.80. The van der Waals surface area contributed by atoms with Gasteiger partial charge >= 0.3 is 5.97 Å². The van der Waals surface area contributed by atoms with Crippen molar-refractivity contribution < 1.29 is 33.0 Å². The van der Waals surface area contributed by atoms with Gasteiger partial charge in [0.1, 0.15) is 29.7 Å². The van der Waals surface area contributed by atoms with Crippen LogP contribution in [0.4, 0.5) is 8.78 Å². The van der Waals surface area contributed by atoms with E-state index in [9.17, 15) is 18.4 Å². The first-order chi connectivity index (χ1) is 27.9. The van der Waals surface area contributed by atoms with Crippen LogP contribution in [0.5, 0.6) is 11.5 Å². The average Bonchev–Trinajstić information content (AvgIpc) is 3.20. The van der Waals surface area contributed by atoms with Gasteiger partial charge in [0.25, 0.3) is 0 Å². The van der Waals surface area contributed by atoms with Crippen molar-refractivity contribution in [2.45, 2.75) is 111 Å². The van der Waals surface area contributed by atoms with Crippen LogP contribution in [0.2, 0.25) is 0 Å². The maximum Gasteiger partial charge on any atom is 0.341 e. The summed E-state index contributed by atoms with van der Waals surface area (Å²) in [5, 5.41) is 8.43. The zero-order valence-corrected chi connectivity index (χ0v) is 35.9. The smallest absolute Gasteiger partial charge is 0.341 e. The lowest BCUT2D eigenvalue weighted by Gasteiger charge is -2.31. The summed E-state index contributed by atoms with van der Waals surface area (Å²) < 4.78 is 36.4. The molecule has 10 heteroatoms. The first-order valence-electron chi connectivity index (χ1n) is 20.8. The first kappa shape index (κ1) is 49.7. The maximum absolute atomic E-state index is 13.0. The molecule has 0 bridgehead atoms. The fourth-order valence-electron chi connectivity index (χ4n) is 6.95. The molecule has 2 aliphatic rings. The largest absolute Gasteiger partial charge is 0.486 e. The maximum atomic E-state index is 13.0. The van der Waals surface area contributed by atoms with Gasteiger partial charge in [-0.05, 0) is 139 Å². The Balaban J connectivity index is 0.000000262. The zero-order valence-electron chi connectivity index (χ0n) is 35.9. The van der Waals surface area contributed by atoms with E-state index in [2.05, 4.69) is 63.5 Å². The Morgan fingerprint density at radius 3 is 1.35 bits per heavy atom. The van der Waals surface area contributed by atoms with Crippen molar-refractivity contribution in [1.82, 2.24) is 9.80 Å². The van der Waals surface area contributed by atoms with Crippen LogP contribution in [0.15, 0.2) is 97.1 Å². The predicted molar refractivity (Wildman–Crippen MR) is 239 cm³/mol. The van der Waals surface area contributed by atoms with Crippen molar-refractivity contribution in [3.8, 4) is 11.5 Å². The fourth-order valence-corrected chi connectivity index (χ4v) is 6.95. The van der Waals surface area contributed by atoms with E-state index in [1.54, 1.807) is 12.1 Å². The van der Waals surface area contributed by atoms with E-state index >= 15 is 0 Å². The molecule has 0 aromatic heterocycles. The molecule has 6 rings (SSSR count). The summed E-state index contributed by atoms with van der Waals surface area (Å²) in [6.45, 7) is 18.6. The van der Waals surface area contributed by atoms with Crippen LogP contribution in [-0.4, -0.2) is 72.1 Å². The fraction of sp³-hybridized carbons (Fsp3) is 0.480. The van der Waals surface area contributed by atoms with E-state index < -0.39 is 5.97 Å². The van der Waals surface area contributed by atoms with Gasteiger partial charge in [0, 0.05) is 25.6 Å². The van der Waals surface area contributed by atoms with Gasteiger partial charge in [-0.15, -0.1) is 0 Å². The second kappa shape index (κ2) is 24.0. The standard InChI is InChI=1S/C25H32FNO2.C12H17FN2.C12H16O3.CH4/c1-25(2,3)21-6-10-24(11-7-21)29-18-23(28)16-19-12-14-27(15-13-19)17-20-4-8-22(26)9-5-20;13-11-3-1-10(2-4-11)9-15-7-5-12(14)6-8-15;1-12(2,3)9-4-6-10(7-5-9)15-8-11(13)14;/h4-11,19H,12-18H2,1-3H3;1-4,12H,5-9,14H2;4-7H,8H2,1-3H3,(H,13,14);1H4. The monoisotopic (exact) mass is 830 g/mol. The number of nitrogens with zero attached hydrogens (tertiary/aromatic N) is 2. The van der Waals surface area contributed by atoms with E-state index in [1.165, 1.54) is 41.0 Å². The predicted octanol–water partition coefficient (Wildman–Crippen LogP) is 10.2. The average molecular weight is 830 g/mol. The molecule has 0 saturated carbocycles. The number of piperidine rings is 2. The van der Waals surface area contributed by atoms with Crippen LogP contribution in [-0.2, 0) is 33.5 Å². The lowest BCUT2D eigenvalue weighted by atomic mass is 9.87. The molecule has 0 spiro atoms. The number of rotatable bonds is 12. The molecule has 8 nitrogen and oxygen atoms in total. The summed E-state index contributed by atoms with van der Waals surface area (Å²) in [7, 11) is 0. The van der Waals surface area contributed by atoms with Gasteiger partial charge in [0.2, 0.25) is 0 Å². The molecule has 328 valence electrons. The molecule has 2 aliphatic heterocycles. The Morgan fingerprint density at radius 1 is 0.617 bits per heavy atom. The van der Waals surface area contributed by atoms with Crippen molar-refractivity contribution in [2.75, 3.05) is 39.4 Å². The van der Waals surface area contributed by atoms with Crippen LogP contribution < -0.4 is 15.2 Å². The van der Waals surface area contributed by atoms with Gasteiger partial charge in [-0.1, -0.05) is 97.5 Å². The van der Waals surface area contributed by atoms with Gasteiger partial charge < -0.3 is 20.3 Å². The van der Waals surface area contributed by atoms with E-state index in [1.807, 2.05) is 48.5 Å². The number of carbonyl (C=O) groups is 2. The third-order valence-electron chi connectivity index (χ3n) is 10.7. The number of Topliss-reactive ketones (excluding diaryl/α,β-unsaturated/α-hetero) is 1. The Labute approximate surface area is 358 Å². The second-order valence-corrected chi connectivity index (χ2v) is 17.8. The Hall–Kier alpha value is -4.64. The van der Waals surface area contributed by atoms with Crippen LogP contribution in [0.1, 0.15) is 103 Å². The topological polar surface area (TPSA) is 105 Å². The van der Waals surface area contributed by atoms with Crippen molar-refractivity contribution >= 4 is 11.8 Å². The third-order valence-corrected chi connectivity index (χ3v) is 10.7. The van der Waals surface area contributed by atoms with E-state index in [0.717, 1.165) is 76.3 Å². The molecule has 0 amide bonds. The number of ketones is 1. The summed E-state index contributed by atoms with van der Waals surface area (Å²) in [5.41, 5.74) is 10.8. The lowest BCUT2D eigenvalue weighted by Crippen LogP contribution is -2.39. The number of halogens is 2. The minimum Gasteiger partial charge on any atom is -0.486 e. The summed E-state index contributed by atoms with van der Waals surface area (Å²) >= 11 is 0. The lowest BCUT2D eigenvalue weighted by molar-refractivity contribution is -0.139. The molecule has 2 fully saturated rings. The van der Waals surface area contributed by atoms with Crippen LogP contribution in [0.25, 0.3) is 0 Å². The minimum atomic E-state index is -0.963. The molecule has 4 aromatic rings. The molecular formula is C50H69F2N3O5. The van der Waals surface area contributed by atoms with E-state index in [-0.39, 0.29) is 48.9 Å². The van der Waals surface area contributed by atoms with Gasteiger partial charge in [-0.25, -0.2) is 13.6 Å². The molecule has 2 saturated heterocycles. The van der Waals surface area contributed by atoms with Crippen molar-refractivity contribution in [2.24, 2.45) is 11.7 Å². The first-order valence-corrected chi connectivity index (χ1v) is 20.8. The van der Waals surface area contributed by atoms with Crippen LogP contribution >= 0.6 is 0 Å².